The summed E-state index contributed by atoms with van der Waals surface area (Å²) in [5.74, 6) is -0.320. The summed E-state index contributed by atoms with van der Waals surface area (Å²) in [6.45, 7) is 4.37. The first-order valence-corrected chi connectivity index (χ1v) is 8.29. The zero-order chi connectivity index (χ0) is 17.4. The molecule has 0 amide bonds. The molecule has 0 radical (unpaired) electrons. The largest absolute Gasteiger partial charge is 0.388 e. The van der Waals surface area contributed by atoms with E-state index in [-0.39, 0.29) is 30.5 Å². The molecule has 3 N–H and O–H groups in total. The van der Waals surface area contributed by atoms with Gasteiger partial charge in [-0.2, -0.15) is 0 Å². The number of aliphatic hydroxyl groups is 1. The lowest BCUT2D eigenvalue weighted by Crippen LogP contribution is -2.43. The van der Waals surface area contributed by atoms with Gasteiger partial charge in [0.1, 0.15) is 11.6 Å². The number of aliphatic imine (C=N–C) groups is 1. The summed E-state index contributed by atoms with van der Waals surface area (Å²) in [7, 11) is 0. The van der Waals surface area contributed by atoms with Crippen LogP contribution in [0.2, 0.25) is 0 Å². The number of halogens is 3. The Hall–Kier alpha value is -1.00. The standard InChI is InChI=1S/C17H25F2N3O2.HI/c1-2-20-16(22-12-17(23)6-9-24-10-7-17)21-8-5-13-11-14(18)3-4-15(13)19;/h3-4,11,23H,2,5-10,12H2,1H3,(H2,20,21,22);1H. The molecule has 0 spiro atoms. The number of hydrogen-bond donors (Lipinski definition) is 3. The molecule has 0 saturated carbocycles. The van der Waals surface area contributed by atoms with Crippen LogP contribution in [-0.4, -0.2) is 49.5 Å². The van der Waals surface area contributed by atoms with Gasteiger partial charge in [-0.25, -0.2) is 8.78 Å². The summed E-state index contributed by atoms with van der Waals surface area (Å²) in [5, 5.41) is 16.6. The Morgan fingerprint density at radius 2 is 2.00 bits per heavy atom. The van der Waals surface area contributed by atoms with Crippen molar-refractivity contribution in [3.05, 3.63) is 35.4 Å². The number of benzene rings is 1. The van der Waals surface area contributed by atoms with Crippen LogP contribution in [0.1, 0.15) is 25.3 Å². The molecular weight excluding hydrogens is 443 g/mol. The highest BCUT2D eigenvalue weighted by Crippen LogP contribution is 2.20. The highest BCUT2D eigenvalue weighted by atomic mass is 127. The smallest absolute Gasteiger partial charge is 0.191 e. The summed E-state index contributed by atoms with van der Waals surface area (Å²) >= 11 is 0. The van der Waals surface area contributed by atoms with Crippen molar-refractivity contribution in [2.45, 2.75) is 31.8 Å². The molecule has 1 aromatic rings. The molecule has 1 fully saturated rings. The summed E-state index contributed by atoms with van der Waals surface area (Å²) < 4.78 is 32.0. The van der Waals surface area contributed by atoms with E-state index < -0.39 is 17.2 Å². The molecule has 25 heavy (non-hydrogen) atoms. The van der Waals surface area contributed by atoms with Crippen molar-refractivity contribution in [2.24, 2.45) is 4.99 Å². The monoisotopic (exact) mass is 469 g/mol. The van der Waals surface area contributed by atoms with Crippen molar-refractivity contribution in [1.82, 2.24) is 10.6 Å². The van der Waals surface area contributed by atoms with E-state index in [0.29, 0.717) is 57.1 Å². The number of ether oxygens (including phenoxy) is 1. The average molecular weight is 469 g/mol. The van der Waals surface area contributed by atoms with Gasteiger partial charge in [-0.15, -0.1) is 24.0 Å². The lowest BCUT2D eigenvalue weighted by atomic mass is 9.95. The average Bonchev–Trinajstić information content (AvgIpc) is 2.56. The lowest BCUT2D eigenvalue weighted by molar-refractivity contribution is -0.0565. The van der Waals surface area contributed by atoms with Crippen molar-refractivity contribution in [1.29, 1.82) is 0 Å². The minimum absolute atomic E-state index is 0. The first-order valence-electron chi connectivity index (χ1n) is 8.29. The number of hydrogen-bond acceptors (Lipinski definition) is 3. The van der Waals surface area contributed by atoms with Gasteiger partial charge in [-0.1, -0.05) is 0 Å². The molecule has 1 heterocycles. The number of nitrogens with zero attached hydrogens (tertiary/aromatic N) is 1. The fourth-order valence-electron chi connectivity index (χ4n) is 2.53. The van der Waals surface area contributed by atoms with Gasteiger partial charge in [0, 0.05) is 39.1 Å². The van der Waals surface area contributed by atoms with Gasteiger partial charge in [0.05, 0.1) is 12.1 Å². The predicted molar refractivity (Wildman–Crippen MR) is 104 cm³/mol. The van der Waals surface area contributed by atoms with E-state index in [1.54, 1.807) is 0 Å². The van der Waals surface area contributed by atoms with Gasteiger partial charge >= 0.3 is 0 Å². The quantitative estimate of drug-likeness (QED) is 0.340. The third kappa shape index (κ3) is 7.41. The summed E-state index contributed by atoms with van der Waals surface area (Å²) in [5.41, 5.74) is -0.517. The predicted octanol–water partition coefficient (Wildman–Crippen LogP) is 2.22. The van der Waals surface area contributed by atoms with Crippen molar-refractivity contribution in [3.63, 3.8) is 0 Å². The Morgan fingerprint density at radius 1 is 1.28 bits per heavy atom. The van der Waals surface area contributed by atoms with Crippen LogP contribution in [0.5, 0.6) is 0 Å². The van der Waals surface area contributed by atoms with E-state index in [2.05, 4.69) is 15.6 Å². The zero-order valence-corrected chi connectivity index (χ0v) is 16.7. The van der Waals surface area contributed by atoms with Crippen LogP contribution in [0.4, 0.5) is 8.78 Å². The molecule has 0 aromatic heterocycles. The topological polar surface area (TPSA) is 65.9 Å². The second-order valence-electron chi connectivity index (χ2n) is 5.94. The first kappa shape index (κ1) is 22.0. The zero-order valence-electron chi connectivity index (χ0n) is 14.4. The van der Waals surface area contributed by atoms with Crippen LogP contribution in [0.15, 0.2) is 23.2 Å². The molecule has 2 rings (SSSR count). The second-order valence-corrected chi connectivity index (χ2v) is 5.94. The van der Waals surface area contributed by atoms with E-state index in [4.69, 9.17) is 4.74 Å². The van der Waals surface area contributed by atoms with Crippen LogP contribution >= 0.6 is 24.0 Å². The maximum absolute atomic E-state index is 13.6. The Kier molecular flexibility index (Phi) is 9.58. The number of guanidine groups is 1. The maximum Gasteiger partial charge on any atom is 0.191 e. The van der Waals surface area contributed by atoms with Gasteiger partial charge in [-0.3, -0.25) is 4.99 Å². The normalized spacial score (nSPS) is 16.9. The molecular formula is C17H26F2IN3O2. The number of nitrogens with one attached hydrogen (secondary N) is 2. The fraction of sp³-hybridized carbons (Fsp3) is 0.588. The van der Waals surface area contributed by atoms with Crippen LogP contribution in [0.3, 0.4) is 0 Å². The molecule has 0 aliphatic carbocycles. The molecule has 1 aromatic carbocycles. The van der Waals surface area contributed by atoms with E-state index in [1.165, 1.54) is 6.07 Å². The van der Waals surface area contributed by atoms with E-state index in [0.717, 1.165) is 12.1 Å². The Labute approximate surface area is 164 Å². The summed E-state index contributed by atoms with van der Waals surface area (Å²) in [6, 6.07) is 3.43. The molecule has 1 saturated heterocycles. The van der Waals surface area contributed by atoms with Crippen molar-refractivity contribution >= 4 is 29.9 Å². The Morgan fingerprint density at radius 3 is 2.68 bits per heavy atom. The van der Waals surface area contributed by atoms with Gasteiger partial charge in [0.25, 0.3) is 0 Å². The molecule has 142 valence electrons. The van der Waals surface area contributed by atoms with Crippen LogP contribution in [0.25, 0.3) is 0 Å². The third-order valence-electron chi connectivity index (χ3n) is 3.99. The first-order chi connectivity index (χ1) is 11.5. The molecule has 8 heteroatoms. The van der Waals surface area contributed by atoms with Gasteiger partial charge < -0.3 is 20.5 Å². The van der Waals surface area contributed by atoms with Crippen molar-refractivity contribution in [3.8, 4) is 0 Å². The van der Waals surface area contributed by atoms with E-state index in [9.17, 15) is 13.9 Å². The summed E-state index contributed by atoms with van der Waals surface area (Å²) in [4.78, 5) is 4.40. The van der Waals surface area contributed by atoms with Crippen LogP contribution < -0.4 is 10.6 Å². The maximum atomic E-state index is 13.6. The Balaban J connectivity index is 0.00000312. The Bertz CT molecular complexity index is 567. The van der Waals surface area contributed by atoms with Gasteiger partial charge in [-0.05, 0) is 37.1 Å². The van der Waals surface area contributed by atoms with E-state index in [1.807, 2.05) is 6.92 Å². The molecule has 1 aliphatic heterocycles. The summed E-state index contributed by atoms with van der Waals surface area (Å²) in [6.07, 6.45) is 1.46. The van der Waals surface area contributed by atoms with Gasteiger partial charge in [0.15, 0.2) is 5.96 Å². The van der Waals surface area contributed by atoms with Crippen molar-refractivity contribution < 1.29 is 18.6 Å². The fourth-order valence-corrected chi connectivity index (χ4v) is 2.53. The lowest BCUT2D eigenvalue weighted by Gasteiger charge is -2.30. The van der Waals surface area contributed by atoms with Crippen LogP contribution in [-0.2, 0) is 11.2 Å². The second kappa shape index (κ2) is 10.9. The van der Waals surface area contributed by atoms with Crippen LogP contribution in [0, 0.1) is 11.6 Å². The third-order valence-corrected chi connectivity index (χ3v) is 3.99. The van der Waals surface area contributed by atoms with Crippen molar-refractivity contribution in [2.75, 3.05) is 32.8 Å². The highest BCUT2D eigenvalue weighted by molar-refractivity contribution is 14.0. The SMILES string of the molecule is CCNC(=NCC1(O)CCOCC1)NCCc1cc(F)ccc1F.I. The highest BCUT2D eigenvalue weighted by Gasteiger charge is 2.29. The molecule has 5 nitrogen and oxygen atoms in total. The molecule has 0 atom stereocenters. The van der Waals surface area contributed by atoms with Gasteiger partial charge in [0.2, 0.25) is 0 Å². The minimum Gasteiger partial charge on any atom is -0.388 e. The van der Waals surface area contributed by atoms with E-state index >= 15 is 0 Å². The number of rotatable bonds is 6. The molecule has 0 unspecified atom stereocenters. The molecule has 1 aliphatic rings. The molecule has 0 bridgehead atoms. The minimum atomic E-state index is -0.838.